The van der Waals surface area contributed by atoms with E-state index >= 15 is 0 Å². The molecular formula is C21H20Cl3N5O4. The number of benzene rings is 2. The molecule has 4 unspecified atom stereocenters. The summed E-state index contributed by atoms with van der Waals surface area (Å²) < 4.78 is 5.25. The molecule has 4 atom stereocenters. The van der Waals surface area contributed by atoms with Gasteiger partial charge in [-0.2, -0.15) is 0 Å². The Labute approximate surface area is 204 Å². The number of rotatable bonds is 5. The molecule has 0 bridgehead atoms. The summed E-state index contributed by atoms with van der Waals surface area (Å²) >= 11 is 18.1. The standard InChI is InChI=1S/C21H20Cl3N5O4/c1-33-15-3-2-9(22)7-14(15)26-19(31)13-8-16(30)27-18-17(13)20(32)29-21(28-18)25-12-5-10(23)4-11(24)6-12/h2-7,13,17-18,21,25,28H,8H2,1H3,(H,26,31)(H,27,30)(H,29,32). The SMILES string of the molecule is COc1ccc(Cl)cc1NC(=O)C1CC(=O)NC2NC(Nc3cc(Cl)cc(Cl)c3)NC(=O)C21. The fraction of sp³-hybridized carbons (Fsp3) is 0.286. The minimum absolute atomic E-state index is 0.146. The summed E-state index contributed by atoms with van der Waals surface area (Å²) in [6, 6.07) is 9.63. The van der Waals surface area contributed by atoms with Crippen molar-refractivity contribution in [3.05, 3.63) is 51.5 Å². The minimum atomic E-state index is -0.915. The predicted molar refractivity (Wildman–Crippen MR) is 125 cm³/mol. The summed E-state index contributed by atoms with van der Waals surface area (Å²) in [5.74, 6) is -2.61. The first-order valence-corrected chi connectivity index (χ1v) is 11.1. The van der Waals surface area contributed by atoms with Gasteiger partial charge >= 0.3 is 0 Å². The van der Waals surface area contributed by atoms with E-state index in [2.05, 4.69) is 26.6 Å². The molecule has 3 amide bonds. The molecule has 2 aromatic carbocycles. The van der Waals surface area contributed by atoms with Crippen LogP contribution in [0.1, 0.15) is 6.42 Å². The minimum Gasteiger partial charge on any atom is -0.495 e. The highest BCUT2D eigenvalue weighted by Crippen LogP contribution is 2.32. The zero-order valence-electron chi connectivity index (χ0n) is 17.2. The summed E-state index contributed by atoms with van der Waals surface area (Å²) in [7, 11) is 1.46. The van der Waals surface area contributed by atoms with Crippen LogP contribution in [0.15, 0.2) is 36.4 Å². The van der Waals surface area contributed by atoms with E-state index < -0.39 is 36.1 Å². The van der Waals surface area contributed by atoms with Crippen molar-refractivity contribution >= 4 is 63.9 Å². The molecule has 0 spiro atoms. The van der Waals surface area contributed by atoms with Gasteiger partial charge in [0.1, 0.15) is 5.75 Å². The molecule has 2 saturated heterocycles. The second-order valence-electron chi connectivity index (χ2n) is 7.63. The molecule has 174 valence electrons. The van der Waals surface area contributed by atoms with Crippen LogP contribution in [0.3, 0.4) is 0 Å². The van der Waals surface area contributed by atoms with E-state index in [-0.39, 0.29) is 12.3 Å². The van der Waals surface area contributed by atoms with Crippen LogP contribution in [0.4, 0.5) is 11.4 Å². The van der Waals surface area contributed by atoms with Crippen LogP contribution in [-0.4, -0.2) is 37.3 Å². The molecule has 0 aromatic heterocycles. The summed E-state index contributed by atoms with van der Waals surface area (Å²) in [6.45, 7) is 0. The number of carbonyl (C=O) groups excluding carboxylic acids is 3. The number of hydrogen-bond donors (Lipinski definition) is 5. The molecule has 0 aliphatic carbocycles. The van der Waals surface area contributed by atoms with Crippen molar-refractivity contribution in [2.24, 2.45) is 11.8 Å². The smallest absolute Gasteiger partial charge is 0.229 e. The number of halogens is 3. The van der Waals surface area contributed by atoms with Crippen LogP contribution in [-0.2, 0) is 14.4 Å². The Morgan fingerprint density at radius 1 is 1.03 bits per heavy atom. The van der Waals surface area contributed by atoms with Crippen molar-refractivity contribution in [2.75, 3.05) is 17.7 Å². The van der Waals surface area contributed by atoms with E-state index in [0.717, 1.165) is 0 Å². The van der Waals surface area contributed by atoms with Gasteiger partial charge in [0.2, 0.25) is 17.7 Å². The Bertz CT molecular complexity index is 1100. The van der Waals surface area contributed by atoms with Gasteiger partial charge in [-0.1, -0.05) is 34.8 Å². The van der Waals surface area contributed by atoms with E-state index in [1.165, 1.54) is 13.2 Å². The van der Waals surface area contributed by atoms with Gasteiger partial charge in [-0.05, 0) is 36.4 Å². The molecule has 0 saturated carbocycles. The van der Waals surface area contributed by atoms with Crippen molar-refractivity contribution in [3.63, 3.8) is 0 Å². The first-order valence-electron chi connectivity index (χ1n) is 9.96. The van der Waals surface area contributed by atoms with Crippen LogP contribution in [0.5, 0.6) is 5.75 Å². The van der Waals surface area contributed by atoms with E-state index in [4.69, 9.17) is 39.5 Å². The lowest BCUT2D eigenvalue weighted by Gasteiger charge is -2.43. The Kier molecular flexibility index (Phi) is 6.85. The molecule has 2 fully saturated rings. The first kappa shape index (κ1) is 23.4. The normalized spacial score (nSPS) is 24.2. The van der Waals surface area contributed by atoms with Crippen molar-refractivity contribution in [2.45, 2.75) is 18.9 Å². The van der Waals surface area contributed by atoms with Crippen molar-refractivity contribution in [1.82, 2.24) is 16.0 Å². The quantitative estimate of drug-likeness (QED) is 0.420. The number of carbonyl (C=O) groups is 3. The maximum atomic E-state index is 13.1. The number of fused-ring (bicyclic) bond motifs is 1. The van der Waals surface area contributed by atoms with Gasteiger partial charge < -0.3 is 26.0 Å². The molecular weight excluding hydrogens is 493 g/mol. The number of hydrogen-bond acceptors (Lipinski definition) is 6. The molecule has 12 heteroatoms. The topological polar surface area (TPSA) is 121 Å². The summed E-state index contributed by atoms with van der Waals surface area (Å²) in [5.41, 5.74) is 0.910. The molecule has 33 heavy (non-hydrogen) atoms. The fourth-order valence-corrected chi connectivity index (χ4v) is 4.66. The average molecular weight is 513 g/mol. The highest BCUT2D eigenvalue weighted by Gasteiger charge is 2.48. The average Bonchev–Trinajstić information content (AvgIpc) is 2.72. The van der Waals surface area contributed by atoms with Gasteiger partial charge in [-0.15, -0.1) is 0 Å². The van der Waals surface area contributed by atoms with Crippen molar-refractivity contribution < 1.29 is 19.1 Å². The highest BCUT2D eigenvalue weighted by molar-refractivity contribution is 6.35. The maximum absolute atomic E-state index is 13.1. The second-order valence-corrected chi connectivity index (χ2v) is 8.94. The molecule has 2 aliphatic heterocycles. The Morgan fingerprint density at radius 2 is 1.76 bits per heavy atom. The van der Waals surface area contributed by atoms with Gasteiger partial charge in [-0.3, -0.25) is 19.7 Å². The molecule has 0 radical (unpaired) electrons. The lowest BCUT2D eigenvalue weighted by molar-refractivity contribution is -0.144. The Hall–Kier alpha value is -2.72. The fourth-order valence-electron chi connectivity index (χ4n) is 3.96. The third-order valence-corrected chi connectivity index (χ3v) is 6.05. The van der Waals surface area contributed by atoms with Crippen LogP contribution in [0, 0.1) is 11.8 Å². The molecule has 2 heterocycles. The third kappa shape index (κ3) is 5.27. The van der Waals surface area contributed by atoms with Crippen LogP contribution in [0.2, 0.25) is 15.1 Å². The number of methoxy groups -OCH3 is 1. The molecule has 4 rings (SSSR count). The van der Waals surface area contributed by atoms with Crippen molar-refractivity contribution in [1.29, 1.82) is 0 Å². The van der Waals surface area contributed by atoms with Gasteiger partial charge in [0.15, 0.2) is 6.29 Å². The van der Waals surface area contributed by atoms with Gasteiger partial charge in [0, 0.05) is 27.2 Å². The number of ether oxygens (including phenoxy) is 1. The van der Waals surface area contributed by atoms with E-state index in [0.29, 0.717) is 32.2 Å². The van der Waals surface area contributed by atoms with Gasteiger partial charge in [0.25, 0.3) is 0 Å². The number of anilines is 2. The van der Waals surface area contributed by atoms with Crippen LogP contribution in [0.25, 0.3) is 0 Å². The summed E-state index contributed by atoms with van der Waals surface area (Å²) in [4.78, 5) is 38.5. The molecule has 5 N–H and O–H groups in total. The van der Waals surface area contributed by atoms with Gasteiger partial charge in [-0.25, -0.2) is 0 Å². The molecule has 2 aromatic rings. The lowest BCUT2D eigenvalue weighted by atomic mass is 9.81. The van der Waals surface area contributed by atoms with E-state index in [1.54, 1.807) is 30.3 Å². The number of amides is 3. The predicted octanol–water partition coefficient (Wildman–Crippen LogP) is 2.79. The highest BCUT2D eigenvalue weighted by atomic mass is 35.5. The lowest BCUT2D eigenvalue weighted by Crippen LogP contribution is -2.72. The van der Waals surface area contributed by atoms with Crippen LogP contribution < -0.4 is 31.3 Å². The largest absolute Gasteiger partial charge is 0.495 e. The zero-order valence-corrected chi connectivity index (χ0v) is 19.5. The zero-order chi connectivity index (χ0) is 23.7. The number of nitrogens with one attached hydrogen (secondary N) is 5. The maximum Gasteiger partial charge on any atom is 0.229 e. The molecule has 2 aliphatic rings. The molecule has 9 nitrogen and oxygen atoms in total. The van der Waals surface area contributed by atoms with Crippen LogP contribution >= 0.6 is 34.8 Å². The first-order chi connectivity index (χ1) is 15.7. The second kappa shape index (κ2) is 9.64. The monoisotopic (exact) mass is 511 g/mol. The summed E-state index contributed by atoms with van der Waals surface area (Å²) in [6.07, 6.45) is -1.65. The third-order valence-electron chi connectivity index (χ3n) is 5.38. The van der Waals surface area contributed by atoms with Gasteiger partial charge in [0.05, 0.1) is 30.8 Å². The van der Waals surface area contributed by atoms with Crippen molar-refractivity contribution in [3.8, 4) is 5.75 Å². The summed E-state index contributed by atoms with van der Waals surface area (Å²) in [5, 5.41) is 15.6. The Balaban J connectivity index is 1.51. The van der Waals surface area contributed by atoms with E-state index in [9.17, 15) is 14.4 Å². The van der Waals surface area contributed by atoms with E-state index in [1.807, 2.05) is 0 Å². The Morgan fingerprint density at radius 3 is 2.45 bits per heavy atom. The number of piperidine rings is 1.